The van der Waals surface area contributed by atoms with E-state index in [0.29, 0.717) is 17.9 Å². The normalized spacial score (nSPS) is 10.2. The summed E-state index contributed by atoms with van der Waals surface area (Å²) < 4.78 is 9.96. The minimum Gasteiger partial charge on any atom is -0.496 e. The molecule has 1 rings (SSSR count). The van der Waals surface area contributed by atoms with Crippen molar-refractivity contribution in [3.8, 4) is 5.75 Å². The molecule has 0 atom stereocenters. The van der Waals surface area contributed by atoms with Gasteiger partial charge in [0.15, 0.2) is 5.78 Å². The van der Waals surface area contributed by atoms with Crippen molar-refractivity contribution in [2.24, 2.45) is 0 Å². The van der Waals surface area contributed by atoms with E-state index in [4.69, 9.17) is 21.1 Å². The third-order valence-corrected chi connectivity index (χ3v) is 2.46. The Labute approximate surface area is 100 Å². The van der Waals surface area contributed by atoms with Crippen LogP contribution >= 0.6 is 11.6 Å². The standard InChI is InChI=1S/C12H15ClO3/c1-15-8-11(14)5-3-9-7-10(13)4-6-12(9)16-2/h4,6-7H,3,5,8H2,1-2H3. The number of hydrogen-bond donors (Lipinski definition) is 0. The molecule has 16 heavy (non-hydrogen) atoms. The molecule has 4 heteroatoms. The first-order valence-electron chi connectivity index (χ1n) is 5.00. The fourth-order valence-corrected chi connectivity index (χ4v) is 1.64. The molecule has 0 saturated heterocycles. The van der Waals surface area contributed by atoms with Gasteiger partial charge in [-0.05, 0) is 30.2 Å². The Morgan fingerprint density at radius 3 is 2.75 bits per heavy atom. The van der Waals surface area contributed by atoms with Crippen LogP contribution in [0, 0.1) is 0 Å². The smallest absolute Gasteiger partial charge is 0.158 e. The number of ketones is 1. The van der Waals surface area contributed by atoms with Crippen LogP contribution in [0.15, 0.2) is 18.2 Å². The highest BCUT2D eigenvalue weighted by Crippen LogP contribution is 2.23. The van der Waals surface area contributed by atoms with Crippen LogP contribution in [-0.2, 0) is 16.0 Å². The fraction of sp³-hybridized carbons (Fsp3) is 0.417. The molecule has 0 unspecified atom stereocenters. The van der Waals surface area contributed by atoms with Gasteiger partial charge in [0.05, 0.1) is 7.11 Å². The van der Waals surface area contributed by atoms with Crippen LogP contribution in [0.5, 0.6) is 5.75 Å². The first-order valence-corrected chi connectivity index (χ1v) is 5.38. The highest BCUT2D eigenvalue weighted by atomic mass is 35.5. The molecule has 0 N–H and O–H groups in total. The maximum absolute atomic E-state index is 11.3. The first-order chi connectivity index (χ1) is 7.67. The van der Waals surface area contributed by atoms with E-state index in [1.54, 1.807) is 19.2 Å². The molecule has 0 amide bonds. The second kappa shape index (κ2) is 6.51. The predicted molar refractivity (Wildman–Crippen MR) is 63.2 cm³/mol. The fourth-order valence-electron chi connectivity index (χ4n) is 1.45. The van der Waals surface area contributed by atoms with Crippen molar-refractivity contribution in [2.45, 2.75) is 12.8 Å². The molecule has 1 aromatic rings. The van der Waals surface area contributed by atoms with Crippen molar-refractivity contribution in [3.05, 3.63) is 28.8 Å². The molecule has 0 aliphatic rings. The molecule has 1 aromatic carbocycles. The summed E-state index contributed by atoms with van der Waals surface area (Å²) in [5, 5.41) is 0.648. The second-order valence-electron chi connectivity index (χ2n) is 3.43. The van der Waals surface area contributed by atoms with Crippen LogP contribution in [0.4, 0.5) is 0 Å². The van der Waals surface area contributed by atoms with Gasteiger partial charge >= 0.3 is 0 Å². The Morgan fingerprint density at radius 2 is 2.12 bits per heavy atom. The lowest BCUT2D eigenvalue weighted by atomic mass is 10.1. The number of Topliss-reactive ketones (excluding diaryl/α,β-unsaturated/α-hetero) is 1. The SMILES string of the molecule is COCC(=O)CCc1cc(Cl)ccc1OC. The average molecular weight is 243 g/mol. The van der Waals surface area contributed by atoms with Crippen LogP contribution in [0.3, 0.4) is 0 Å². The molecule has 0 heterocycles. The number of benzene rings is 1. The molecule has 0 saturated carbocycles. The summed E-state index contributed by atoms with van der Waals surface area (Å²) in [6.45, 7) is 0.156. The lowest BCUT2D eigenvalue weighted by Crippen LogP contribution is -2.07. The monoisotopic (exact) mass is 242 g/mol. The van der Waals surface area contributed by atoms with Gasteiger partial charge in [0.1, 0.15) is 12.4 Å². The third-order valence-electron chi connectivity index (χ3n) is 2.22. The number of ether oxygens (including phenoxy) is 2. The maximum Gasteiger partial charge on any atom is 0.158 e. The Kier molecular flexibility index (Phi) is 5.29. The lowest BCUT2D eigenvalue weighted by molar-refractivity contribution is -0.122. The van der Waals surface area contributed by atoms with Gasteiger partial charge in [0, 0.05) is 18.6 Å². The van der Waals surface area contributed by atoms with Crippen molar-refractivity contribution in [2.75, 3.05) is 20.8 Å². The molecule has 0 spiro atoms. The zero-order valence-electron chi connectivity index (χ0n) is 9.46. The molecule has 0 aromatic heterocycles. The van der Waals surface area contributed by atoms with Gasteiger partial charge < -0.3 is 9.47 Å². The molecule has 0 aliphatic carbocycles. The van der Waals surface area contributed by atoms with E-state index in [9.17, 15) is 4.79 Å². The van der Waals surface area contributed by atoms with Crippen molar-refractivity contribution in [1.82, 2.24) is 0 Å². The zero-order valence-corrected chi connectivity index (χ0v) is 10.2. The molecular weight excluding hydrogens is 228 g/mol. The number of methoxy groups -OCH3 is 2. The first kappa shape index (κ1) is 13.0. The van der Waals surface area contributed by atoms with E-state index in [0.717, 1.165) is 11.3 Å². The third kappa shape index (κ3) is 3.83. The number of carbonyl (C=O) groups excluding carboxylic acids is 1. The minimum absolute atomic E-state index is 0.0736. The molecule has 88 valence electrons. The average Bonchev–Trinajstić information content (AvgIpc) is 2.27. The van der Waals surface area contributed by atoms with Gasteiger partial charge in [0.2, 0.25) is 0 Å². The summed E-state index contributed by atoms with van der Waals surface area (Å²) in [5.74, 6) is 0.833. The van der Waals surface area contributed by atoms with Gasteiger partial charge in [-0.15, -0.1) is 0 Å². The zero-order chi connectivity index (χ0) is 12.0. The predicted octanol–water partition coefficient (Wildman–Crippen LogP) is 2.50. The summed E-state index contributed by atoms with van der Waals surface area (Å²) in [7, 11) is 3.11. The second-order valence-corrected chi connectivity index (χ2v) is 3.86. The van der Waals surface area contributed by atoms with Gasteiger partial charge in [-0.3, -0.25) is 4.79 Å². The largest absolute Gasteiger partial charge is 0.496 e. The summed E-state index contributed by atoms with van der Waals surface area (Å²) in [5.41, 5.74) is 0.944. The van der Waals surface area contributed by atoms with E-state index in [1.165, 1.54) is 7.11 Å². The van der Waals surface area contributed by atoms with Crippen molar-refractivity contribution >= 4 is 17.4 Å². The molecule has 0 radical (unpaired) electrons. The van der Waals surface area contributed by atoms with Gasteiger partial charge in [-0.2, -0.15) is 0 Å². The molecule has 0 aliphatic heterocycles. The van der Waals surface area contributed by atoms with E-state index in [1.807, 2.05) is 6.07 Å². The van der Waals surface area contributed by atoms with Crippen LogP contribution in [0.25, 0.3) is 0 Å². The van der Waals surface area contributed by atoms with Gasteiger partial charge in [-0.25, -0.2) is 0 Å². The number of carbonyl (C=O) groups is 1. The van der Waals surface area contributed by atoms with E-state index in [-0.39, 0.29) is 12.4 Å². The Bertz CT molecular complexity index is 363. The maximum atomic E-state index is 11.3. The van der Waals surface area contributed by atoms with E-state index in [2.05, 4.69) is 0 Å². The van der Waals surface area contributed by atoms with Crippen molar-refractivity contribution < 1.29 is 14.3 Å². The number of aryl methyl sites for hydroxylation is 1. The Morgan fingerprint density at radius 1 is 1.38 bits per heavy atom. The minimum atomic E-state index is 0.0736. The van der Waals surface area contributed by atoms with Crippen molar-refractivity contribution in [3.63, 3.8) is 0 Å². The number of hydrogen-bond acceptors (Lipinski definition) is 3. The summed E-state index contributed by atoms with van der Waals surface area (Å²) >= 11 is 5.89. The summed E-state index contributed by atoms with van der Waals surface area (Å²) in [6, 6.07) is 5.39. The summed E-state index contributed by atoms with van der Waals surface area (Å²) in [4.78, 5) is 11.3. The quantitative estimate of drug-likeness (QED) is 0.769. The Balaban J connectivity index is 2.65. The number of rotatable bonds is 6. The van der Waals surface area contributed by atoms with Crippen molar-refractivity contribution in [1.29, 1.82) is 0 Å². The lowest BCUT2D eigenvalue weighted by Gasteiger charge is -2.08. The van der Waals surface area contributed by atoms with Gasteiger partial charge in [0.25, 0.3) is 0 Å². The topological polar surface area (TPSA) is 35.5 Å². The molecule has 0 bridgehead atoms. The number of halogens is 1. The van der Waals surface area contributed by atoms with E-state index < -0.39 is 0 Å². The summed E-state index contributed by atoms with van der Waals surface area (Å²) in [6.07, 6.45) is 1.05. The Hall–Kier alpha value is -1.06. The molecular formula is C12H15ClO3. The highest BCUT2D eigenvalue weighted by molar-refractivity contribution is 6.30. The van der Waals surface area contributed by atoms with Gasteiger partial charge in [-0.1, -0.05) is 11.6 Å². The molecule has 0 fully saturated rings. The van der Waals surface area contributed by atoms with E-state index >= 15 is 0 Å². The highest BCUT2D eigenvalue weighted by Gasteiger charge is 2.07. The van der Waals surface area contributed by atoms with Crippen LogP contribution in [0.1, 0.15) is 12.0 Å². The molecule has 3 nitrogen and oxygen atoms in total. The van der Waals surface area contributed by atoms with Crippen LogP contribution in [-0.4, -0.2) is 26.6 Å². The van der Waals surface area contributed by atoms with Crippen LogP contribution < -0.4 is 4.74 Å². The van der Waals surface area contributed by atoms with Crippen LogP contribution in [0.2, 0.25) is 5.02 Å².